The first kappa shape index (κ1) is 12.1. The molecule has 0 radical (unpaired) electrons. The van der Waals surface area contributed by atoms with Crippen LogP contribution in [0.4, 0.5) is 10.5 Å². The van der Waals surface area contributed by atoms with Crippen molar-refractivity contribution in [3.05, 3.63) is 30.3 Å². The lowest BCUT2D eigenvalue weighted by Crippen LogP contribution is -2.24. The average Bonchev–Trinajstić information content (AvgIpc) is 2.18. The fourth-order valence-corrected chi connectivity index (χ4v) is 1.63. The van der Waals surface area contributed by atoms with Gasteiger partial charge in [-0.1, -0.05) is 18.2 Å². The van der Waals surface area contributed by atoms with Gasteiger partial charge in [0, 0.05) is 5.69 Å². The highest BCUT2D eigenvalue weighted by Crippen LogP contribution is 2.16. The standard InChI is InChI=1S/C11H16N2OS/c1-9(13(2)3)15-11(14)12-10-7-5-4-6-8-10/h4-9H,1-3H3,(H,12,14). The van der Waals surface area contributed by atoms with Crippen LogP contribution in [0.15, 0.2) is 30.3 Å². The van der Waals surface area contributed by atoms with Gasteiger partial charge < -0.3 is 5.32 Å². The number of hydrogen-bond acceptors (Lipinski definition) is 3. The zero-order valence-electron chi connectivity index (χ0n) is 9.23. The van der Waals surface area contributed by atoms with Crippen molar-refractivity contribution in [2.45, 2.75) is 12.3 Å². The Balaban J connectivity index is 2.43. The van der Waals surface area contributed by atoms with E-state index in [1.807, 2.05) is 56.3 Å². The van der Waals surface area contributed by atoms with E-state index in [0.29, 0.717) is 0 Å². The van der Waals surface area contributed by atoms with Gasteiger partial charge in [-0.15, -0.1) is 0 Å². The summed E-state index contributed by atoms with van der Waals surface area (Å²) in [4.78, 5) is 13.5. The van der Waals surface area contributed by atoms with E-state index in [1.165, 1.54) is 11.8 Å². The predicted octanol–water partition coefficient (Wildman–Crippen LogP) is 2.86. The second-order valence-corrected chi connectivity index (χ2v) is 4.75. The number of anilines is 1. The van der Waals surface area contributed by atoms with Crippen LogP contribution in [0.1, 0.15) is 6.92 Å². The quantitative estimate of drug-likeness (QED) is 0.801. The molecular formula is C11H16N2OS. The molecule has 0 saturated heterocycles. The topological polar surface area (TPSA) is 32.3 Å². The van der Waals surface area contributed by atoms with Gasteiger partial charge in [-0.05, 0) is 44.9 Å². The molecule has 1 atom stereocenters. The van der Waals surface area contributed by atoms with Crippen molar-refractivity contribution in [3.63, 3.8) is 0 Å². The first-order chi connectivity index (χ1) is 7.09. The molecule has 1 amide bonds. The second kappa shape index (κ2) is 5.78. The first-order valence-electron chi connectivity index (χ1n) is 4.78. The lowest BCUT2D eigenvalue weighted by Gasteiger charge is -2.18. The van der Waals surface area contributed by atoms with E-state index in [9.17, 15) is 4.79 Å². The van der Waals surface area contributed by atoms with Crippen LogP contribution in [0.2, 0.25) is 0 Å². The minimum absolute atomic E-state index is 0.0256. The van der Waals surface area contributed by atoms with Crippen molar-refractivity contribution in [2.75, 3.05) is 19.4 Å². The van der Waals surface area contributed by atoms with Crippen LogP contribution in [-0.2, 0) is 0 Å². The number of nitrogens with one attached hydrogen (secondary N) is 1. The summed E-state index contributed by atoms with van der Waals surface area (Å²) < 4.78 is 0. The normalized spacial score (nSPS) is 12.5. The van der Waals surface area contributed by atoms with Crippen LogP contribution in [0.5, 0.6) is 0 Å². The maximum atomic E-state index is 11.6. The lowest BCUT2D eigenvalue weighted by atomic mass is 10.3. The van der Waals surface area contributed by atoms with Crippen molar-refractivity contribution in [1.29, 1.82) is 0 Å². The zero-order chi connectivity index (χ0) is 11.3. The molecule has 1 aromatic carbocycles. The van der Waals surface area contributed by atoms with Gasteiger partial charge in [0.2, 0.25) is 0 Å². The van der Waals surface area contributed by atoms with Gasteiger partial charge in [-0.25, -0.2) is 0 Å². The molecule has 0 spiro atoms. The Morgan fingerprint density at radius 3 is 2.47 bits per heavy atom. The Hall–Kier alpha value is -1.00. The summed E-state index contributed by atoms with van der Waals surface area (Å²) in [6.45, 7) is 2.00. The molecule has 3 nitrogen and oxygen atoms in total. The number of para-hydroxylation sites is 1. The molecule has 0 aliphatic carbocycles. The van der Waals surface area contributed by atoms with E-state index in [-0.39, 0.29) is 10.6 Å². The van der Waals surface area contributed by atoms with E-state index in [0.717, 1.165) is 5.69 Å². The number of amides is 1. The van der Waals surface area contributed by atoms with E-state index in [1.54, 1.807) is 0 Å². The molecule has 1 N–H and O–H groups in total. The lowest BCUT2D eigenvalue weighted by molar-refractivity contribution is 0.269. The van der Waals surface area contributed by atoms with Crippen LogP contribution in [-0.4, -0.2) is 29.6 Å². The average molecular weight is 224 g/mol. The second-order valence-electron chi connectivity index (χ2n) is 3.46. The highest BCUT2D eigenvalue weighted by atomic mass is 32.2. The summed E-state index contributed by atoms with van der Waals surface area (Å²) in [5.74, 6) is 0. The molecule has 1 aromatic rings. The summed E-state index contributed by atoms with van der Waals surface area (Å²) in [7, 11) is 3.90. The number of carbonyl (C=O) groups is 1. The van der Waals surface area contributed by atoms with Gasteiger partial charge in [-0.2, -0.15) is 0 Å². The van der Waals surface area contributed by atoms with E-state index < -0.39 is 0 Å². The monoisotopic (exact) mass is 224 g/mol. The molecular weight excluding hydrogens is 208 g/mol. The fraction of sp³-hybridized carbons (Fsp3) is 0.364. The summed E-state index contributed by atoms with van der Waals surface area (Å²) in [6, 6.07) is 9.47. The van der Waals surface area contributed by atoms with Gasteiger partial charge >= 0.3 is 0 Å². The number of rotatable bonds is 3. The van der Waals surface area contributed by atoms with Crippen LogP contribution in [0.25, 0.3) is 0 Å². The zero-order valence-corrected chi connectivity index (χ0v) is 10.0. The molecule has 0 saturated carbocycles. The largest absolute Gasteiger partial charge is 0.317 e. The van der Waals surface area contributed by atoms with Crippen molar-refractivity contribution in [1.82, 2.24) is 4.90 Å². The highest BCUT2D eigenvalue weighted by molar-refractivity contribution is 8.14. The molecule has 4 heteroatoms. The maximum absolute atomic E-state index is 11.6. The Kier molecular flexibility index (Phi) is 4.65. The summed E-state index contributed by atoms with van der Waals surface area (Å²) >= 11 is 1.28. The number of nitrogens with zero attached hydrogens (tertiary/aromatic N) is 1. The van der Waals surface area contributed by atoms with Gasteiger partial charge in [0.15, 0.2) is 0 Å². The molecule has 0 heterocycles. The maximum Gasteiger partial charge on any atom is 0.284 e. The van der Waals surface area contributed by atoms with E-state index in [4.69, 9.17) is 0 Å². The third kappa shape index (κ3) is 4.36. The Bertz CT molecular complexity index is 314. The number of hydrogen-bond donors (Lipinski definition) is 1. The number of benzene rings is 1. The smallest absolute Gasteiger partial charge is 0.284 e. The Morgan fingerprint density at radius 2 is 1.93 bits per heavy atom. The van der Waals surface area contributed by atoms with Crippen LogP contribution in [0.3, 0.4) is 0 Å². The van der Waals surface area contributed by atoms with E-state index in [2.05, 4.69) is 5.32 Å². The van der Waals surface area contributed by atoms with E-state index >= 15 is 0 Å². The van der Waals surface area contributed by atoms with Crippen LogP contribution < -0.4 is 5.32 Å². The minimum atomic E-state index is -0.0256. The molecule has 0 aliphatic rings. The molecule has 15 heavy (non-hydrogen) atoms. The van der Waals surface area contributed by atoms with Crippen molar-refractivity contribution < 1.29 is 4.79 Å². The molecule has 0 bridgehead atoms. The molecule has 1 unspecified atom stereocenters. The minimum Gasteiger partial charge on any atom is -0.317 e. The fourth-order valence-electron chi connectivity index (χ4n) is 0.929. The molecule has 0 aliphatic heterocycles. The van der Waals surface area contributed by atoms with Crippen molar-refractivity contribution >= 4 is 22.7 Å². The van der Waals surface area contributed by atoms with Gasteiger partial charge in [0.05, 0.1) is 5.37 Å². The molecule has 1 rings (SSSR count). The molecule has 0 fully saturated rings. The highest BCUT2D eigenvalue weighted by Gasteiger charge is 2.11. The third-order valence-corrected chi connectivity index (χ3v) is 3.10. The Morgan fingerprint density at radius 1 is 1.33 bits per heavy atom. The summed E-state index contributed by atoms with van der Waals surface area (Å²) in [5.41, 5.74) is 0.834. The van der Waals surface area contributed by atoms with Gasteiger partial charge in [0.25, 0.3) is 5.24 Å². The number of thioether (sulfide) groups is 1. The van der Waals surface area contributed by atoms with Gasteiger partial charge in [0.1, 0.15) is 0 Å². The predicted molar refractivity (Wildman–Crippen MR) is 66.2 cm³/mol. The van der Waals surface area contributed by atoms with Crippen molar-refractivity contribution in [3.8, 4) is 0 Å². The van der Waals surface area contributed by atoms with Crippen LogP contribution >= 0.6 is 11.8 Å². The third-order valence-electron chi connectivity index (χ3n) is 2.02. The summed E-state index contributed by atoms with van der Waals surface area (Å²) in [5, 5.41) is 2.97. The summed E-state index contributed by atoms with van der Waals surface area (Å²) in [6.07, 6.45) is 0. The van der Waals surface area contributed by atoms with Gasteiger partial charge in [-0.3, -0.25) is 9.69 Å². The Labute approximate surface area is 94.9 Å². The van der Waals surface area contributed by atoms with Crippen LogP contribution in [0, 0.1) is 0 Å². The SMILES string of the molecule is CC(SC(=O)Nc1ccccc1)N(C)C. The van der Waals surface area contributed by atoms with Crippen molar-refractivity contribution in [2.24, 2.45) is 0 Å². The molecule has 0 aromatic heterocycles. The molecule has 82 valence electrons. The first-order valence-corrected chi connectivity index (χ1v) is 5.66. The number of carbonyl (C=O) groups excluding carboxylic acids is 1.